The smallest absolute Gasteiger partial charge is 0.323 e. The standard InChI is InChI=1S/C14H20FNO2/c1-5-16(14(3,4)13(17)18)9-11-8-10(2)6-7-12(11)15/h6-8H,5,9H2,1-4H3,(H,17,18). The molecule has 0 aliphatic heterocycles. The Kier molecular flexibility index (Phi) is 4.46. The van der Waals surface area contributed by atoms with Crippen molar-refractivity contribution >= 4 is 5.97 Å². The lowest BCUT2D eigenvalue weighted by Gasteiger charge is -2.34. The van der Waals surface area contributed by atoms with E-state index in [1.54, 1.807) is 30.9 Å². The largest absolute Gasteiger partial charge is 0.480 e. The second-order valence-corrected chi connectivity index (χ2v) is 4.97. The molecule has 0 bridgehead atoms. The number of benzene rings is 1. The van der Waals surface area contributed by atoms with Gasteiger partial charge in [-0.25, -0.2) is 4.39 Å². The fraction of sp³-hybridized carbons (Fsp3) is 0.500. The Hall–Kier alpha value is -1.42. The minimum absolute atomic E-state index is 0.291. The van der Waals surface area contributed by atoms with Crippen molar-refractivity contribution in [3.05, 3.63) is 35.1 Å². The van der Waals surface area contributed by atoms with E-state index in [9.17, 15) is 14.3 Å². The maximum atomic E-state index is 13.7. The molecule has 3 nitrogen and oxygen atoms in total. The molecule has 1 aromatic carbocycles. The molecule has 0 aliphatic rings. The predicted molar refractivity (Wildman–Crippen MR) is 68.9 cm³/mol. The van der Waals surface area contributed by atoms with Gasteiger partial charge in [0.15, 0.2) is 0 Å². The molecule has 0 fully saturated rings. The molecule has 0 radical (unpaired) electrons. The van der Waals surface area contributed by atoms with Crippen molar-refractivity contribution in [2.45, 2.75) is 39.8 Å². The van der Waals surface area contributed by atoms with Gasteiger partial charge in [0.25, 0.3) is 0 Å². The highest BCUT2D eigenvalue weighted by Crippen LogP contribution is 2.20. The highest BCUT2D eigenvalue weighted by atomic mass is 19.1. The van der Waals surface area contributed by atoms with E-state index in [0.29, 0.717) is 18.7 Å². The molecule has 0 spiro atoms. The molecule has 0 heterocycles. The van der Waals surface area contributed by atoms with Crippen LogP contribution in [0.15, 0.2) is 18.2 Å². The van der Waals surface area contributed by atoms with Crippen molar-refractivity contribution in [2.24, 2.45) is 0 Å². The maximum absolute atomic E-state index is 13.7. The number of likely N-dealkylation sites (N-methyl/N-ethyl adjacent to an activating group) is 1. The van der Waals surface area contributed by atoms with Crippen molar-refractivity contribution in [3.63, 3.8) is 0 Å². The minimum Gasteiger partial charge on any atom is -0.480 e. The summed E-state index contributed by atoms with van der Waals surface area (Å²) in [6.45, 7) is 7.87. The van der Waals surface area contributed by atoms with Gasteiger partial charge in [0.2, 0.25) is 0 Å². The lowest BCUT2D eigenvalue weighted by molar-refractivity contribution is -0.149. The number of carboxylic acid groups (broad SMARTS) is 1. The molecule has 0 atom stereocenters. The van der Waals surface area contributed by atoms with E-state index in [0.717, 1.165) is 5.56 Å². The third kappa shape index (κ3) is 3.07. The Morgan fingerprint density at radius 2 is 2.06 bits per heavy atom. The van der Waals surface area contributed by atoms with Gasteiger partial charge in [-0.2, -0.15) is 0 Å². The van der Waals surface area contributed by atoms with E-state index in [1.807, 2.05) is 13.8 Å². The molecule has 1 rings (SSSR count). The van der Waals surface area contributed by atoms with Crippen LogP contribution in [0.5, 0.6) is 0 Å². The second kappa shape index (κ2) is 5.48. The number of carbonyl (C=O) groups is 1. The third-order valence-corrected chi connectivity index (χ3v) is 3.26. The van der Waals surface area contributed by atoms with E-state index in [-0.39, 0.29) is 5.82 Å². The molecule has 0 saturated carbocycles. The highest BCUT2D eigenvalue weighted by Gasteiger charge is 2.33. The first-order valence-electron chi connectivity index (χ1n) is 6.02. The summed E-state index contributed by atoms with van der Waals surface area (Å²) in [6.07, 6.45) is 0. The number of halogens is 1. The summed E-state index contributed by atoms with van der Waals surface area (Å²) < 4.78 is 13.7. The van der Waals surface area contributed by atoms with E-state index in [1.165, 1.54) is 6.07 Å². The van der Waals surface area contributed by atoms with Crippen molar-refractivity contribution in [2.75, 3.05) is 6.54 Å². The van der Waals surface area contributed by atoms with Crippen molar-refractivity contribution < 1.29 is 14.3 Å². The molecule has 0 saturated heterocycles. The summed E-state index contributed by atoms with van der Waals surface area (Å²) in [5, 5.41) is 9.21. The predicted octanol–water partition coefficient (Wildman–Crippen LogP) is 2.82. The van der Waals surface area contributed by atoms with Gasteiger partial charge in [-0.05, 0) is 33.4 Å². The van der Waals surface area contributed by atoms with Gasteiger partial charge in [0.1, 0.15) is 11.4 Å². The first-order valence-corrected chi connectivity index (χ1v) is 6.02. The van der Waals surface area contributed by atoms with Crippen molar-refractivity contribution in [1.82, 2.24) is 4.90 Å². The average Bonchev–Trinajstić information content (AvgIpc) is 2.29. The van der Waals surface area contributed by atoms with Crippen LogP contribution in [-0.2, 0) is 11.3 Å². The van der Waals surface area contributed by atoms with E-state index in [4.69, 9.17) is 0 Å². The Morgan fingerprint density at radius 1 is 1.44 bits per heavy atom. The van der Waals surface area contributed by atoms with Crippen LogP contribution >= 0.6 is 0 Å². The number of carboxylic acids is 1. The van der Waals surface area contributed by atoms with E-state index < -0.39 is 11.5 Å². The van der Waals surface area contributed by atoms with Gasteiger partial charge >= 0.3 is 5.97 Å². The van der Waals surface area contributed by atoms with Crippen LogP contribution in [0, 0.1) is 12.7 Å². The van der Waals surface area contributed by atoms with Gasteiger partial charge in [-0.3, -0.25) is 9.69 Å². The fourth-order valence-corrected chi connectivity index (χ4v) is 1.87. The second-order valence-electron chi connectivity index (χ2n) is 4.97. The minimum atomic E-state index is -1.01. The average molecular weight is 253 g/mol. The van der Waals surface area contributed by atoms with E-state index in [2.05, 4.69) is 0 Å². The quantitative estimate of drug-likeness (QED) is 0.877. The van der Waals surface area contributed by atoms with Crippen LogP contribution in [0.4, 0.5) is 4.39 Å². The van der Waals surface area contributed by atoms with Gasteiger partial charge in [0, 0.05) is 12.1 Å². The van der Waals surface area contributed by atoms with Gasteiger partial charge in [-0.15, -0.1) is 0 Å². The van der Waals surface area contributed by atoms with Crippen LogP contribution in [0.3, 0.4) is 0 Å². The number of aryl methyl sites for hydroxylation is 1. The van der Waals surface area contributed by atoms with Gasteiger partial charge in [-0.1, -0.05) is 24.6 Å². The van der Waals surface area contributed by atoms with Crippen molar-refractivity contribution in [3.8, 4) is 0 Å². The molecule has 1 N–H and O–H groups in total. The highest BCUT2D eigenvalue weighted by molar-refractivity contribution is 5.77. The summed E-state index contributed by atoms with van der Waals surface area (Å²) in [7, 11) is 0. The fourth-order valence-electron chi connectivity index (χ4n) is 1.87. The topological polar surface area (TPSA) is 40.5 Å². The SMILES string of the molecule is CCN(Cc1cc(C)ccc1F)C(C)(C)C(=O)O. The molecule has 0 unspecified atom stereocenters. The summed E-state index contributed by atoms with van der Waals surface area (Å²) in [6, 6.07) is 4.89. The molecule has 4 heteroatoms. The zero-order chi connectivity index (χ0) is 13.9. The number of hydrogen-bond acceptors (Lipinski definition) is 2. The van der Waals surface area contributed by atoms with Gasteiger partial charge < -0.3 is 5.11 Å². The lowest BCUT2D eigenvalue weighted by atomic mass is 10.0. The van der Waals surface area contributed by atoms with Crippen LogP contribution in [-0.4, -0.2) is 28.1 Å². The molecular weight excluding hydrogens is 233 g/mol. The maximum Gasteiger partial charge on any atom is 0.323 e. The summed E-state index contributed by atoms with van der Waals surface area (Å²) >= 11 is 0. The summed E-state index contributed by atoms with van der Waals surface area (Å²) in [5.41, 5.74) is 0.493. The zero-order valence-corrected chi connectivity index (χ0v) is 11.3. The summed E-state index contributed by atoms with van der Waals surface area (Å²) in [4.78, 5) is 13.0. The Balaban J connectivity index is 3.00. The van der Waals surface area contributed by atoms with Crippen LogP contribution in [0.2, 0.25) is 0 Å². The summed E-state index contributed by atoms with van der Waals surface area (Å²) in [5.74, 6) is -1.20. The molecule has 18 heavy (non-hydrogen) atoms. The number of hydrogen-bond donors (Lipinski definition) is 1. The molecule has 0 amide bonds. The van der Waals surface area contributed by atoms with Gasteiger partial charge in [0.05, 0.1) is 0 Å². The monoisotopic (exact) mass is 253 g/mol. The van der Waals surface area contributed by atoms with Crippen LogP contribution in [0.1, 0.15) is 31.9 Å². The van der Waals surface area contributed by atoms with Crippen LogP contribution < -0.4 is 0 Å². The Bertz CT molecular complexity index is 443. The zero-order valence-electron chi connectivity index (χ0n) is 11.3. The van der Waals surface area contributed by atoms with E-state index >= 15 is 0 Å². The Labute approximate surface area is 107 Å². The normalized spacial score (nSPS) is 11.9. The first kappa shape index (κ1) is 14.6. The lowest BCUT2D eigenvalue weighted by Crippen LogP contribution is -2.49. The molecule has 0 aromatic heterocycles. The van der Waals surface area contributed by atoms with Crippen molar-refractivity contribution in [1.29, 1.82) is 0 Å². The van der Waals surface area contributed by atoms with Crippen LogP contribution in [0.25, 0.3) is 0 Å². The number of aliphatic carboxylic acids is 1. The number of rotatable bonds is 5. The molecule has 100 valence electrons. The Morgan fingerprint density at radius 3 is 2.56 bits per heavy atom. The molecule has 0 aliphatic carbocycles. The third-order valence-electron chi connectivity index (χ3n) is 3.26. The molecular formula is C14H20FNO2. The number of nitrogens with zero attached hydrogens (tertiary/aromatic N) is 1. The first-order chi connectivity index (χ1) is 8.28. The molecule has 1 aromatic rings.